The molecule has 0 aromatic carbocycles. The highest BCUT2D eigenvalue weighted by Gasteiger charge is 2.47. The number of ether oxygens (including phenoxy) is 1. The van der Waals surface area contributed by atoms with Crippen molar-refractivity contribution in [3.05, 3.63) is 30.4 Å². The molecule has 0 N–H and O–H groups in total. The number of hydrogen-bond donors (Lipinski definition) is 0. The summed E-state index contributed by atoms with van der Waals surface area (Å²) < 4.78 is 4.82. The molecule has 1 aromatic heterocycles. The van der Waals surface area contributed by atoms with Crippen LogP contribution in [0, 0.1) is 0 Å². The van der Waals surface area contributed by atoms with Crippen molar-refractivity contribution in [3.8, 4) is 5.88 Å². The first-order valence-electron chi connectivity index (χ1n) is 6.96. The molecule has 9 heteroatoms. The van der Waals surface area contributed by atoms with Gasteiger partial charge in [-0.05, 0) is 6.07 Å². The number of esters is 1. The van der Waals surface area contributed by atoms with Gasteiger partial charge >= 0.3 is 5.97 Å². The van der Waals surface area contributed by atoms with Gasteiger partial charge in [-0.3, -0.25) is 28.9 Å². The summed E-state index contributed by atoms with van der Waals surface area (Å²) in [6, 6.07) is 3.04. The van der Waals surface area contributed by atoms with Crippen molar-refractivity contribution in [2.45, 2.75) is 19.4 Å². The molecular formula is C15H11N3O6. The maximum absolute atomic E-state index is 12.5. The van der Waals surface area contributed by atoms with Crippen LogP contribution >= 0.6 is 0 Å². The Kier molecular flexibility index (Phi) is 3.68. The van der Waals surface area contributed by atoms with Crippen molar-refractivity contribution in [2.75, 3.05) is 4.90 Å². The van der Waals surface area contributed by atoms with Gasteiger partial charge in [0.2, 0.25) is 11.8 Å². The second-order valence-electron chi connectivity index (χ2n) is 5.09. The van der Waals surface area contributed by atoms with Crippen LogP contribution in [0.15, 0.2) is 30.4 Å². The van der Waals surface area contributed by atoms with E-state index in [-0.39, 0.29) is 18.1 Å². The molecule has 2 aliphatic rings. The first-order chi connectivity index (χ1) is 11.4. The van der Waals surface area contributed by atoms with Crippen molar-refractivity contribution in [2.24, 2.45) is 0 Å². The highest BCUT2D eigenvalue weighted by Crippen LogP contribution is 2.27. The molecule has 0 aliphatic carbocycles. The van der Waals surface area contributed by atoms with E-state index in [9.17, 15) is 24.0 Å². The minimum atomic E-state index is -1.20. The van der Waals surface area contributed by atoms with Gasteiger partial charge in [-0.15, -0.1) is 0 Å². The number of anilines is 1. The lowest BCUT2D eigenvalue weighted by molar-refractivity contribution is -0.143. The van der Waals surface area contributed by atoms with Gasteiger partial charge in [0.1, 0.15) is 11.9 Å². The average Bonchev–Trinajstić information content (AvgIpc) is 2.98. The number of imide groups is 2. The molecule has 0 radical (unpaired) electrons. The molecule has 122 valence electrons. The Labute approximate surface area is 135 Å². The van der Waals surface area contributed by atoms with Crippen molar-refractivity contribution in [3.63, 3.8) is 0 Å². The molecular weight excluding hydrogens is 318 g/mol. The van der Waals surface area contributed by atoms with Crippen molar-refractivity contribution < 1.29 is 28.7 Å². The largest absolute Gasteiger partial charge is 0.408 e. The van der Waals surface area contributed by atoms with E-state index in [0.29, 0.717) is 0 Å². The standard InChI is InChI=1S/C15H11N3O6/c1-8(19)24-11-4-2-3-10(16-11)18-14(22)7-9(15(18)23)17-12(20)5-6-13(17)21/h2-6,9H,7H2,1H3. The van der Waals surface area contributed by atoms with Gasteiger partial charge in [0.05, 0.1) is 6.42 Å². The zero-order valence-corrected chi connectivity index (χ0v) is 12.5. The molecule has 1 fully saturated rings. The number of pyridine rings is 1. The fourth-order valence-corrected chi connectivity index (χ4v) is 2.51. The van der Waals surface area contributed by atoms with E-state index in [1.807, 2.05) is 0 Å². The molecule has 3 rings (SSSR count). The number of rotatable bonds is 3. The van der Waals surface area contributed by atoms with E-state index in [1.165, 1.54) is 25.1 Å². The zero-order chi connectivity index (χ0) is 17.4. The minimum Gasteiger partial charge on any atom is -0.408 e. The molecule has 9 nitrogen and oxygen atoms in total. The van der Waals surface area contributed by atoms with Gasteiger partial charge in [0, 0.05) is 25.1 Å². The second kappa shape index (κ2) is 5.69. The smallest absolute Gasteiger partial charge is 0.309 e. The summed E-state index contributed by atoms with van der Waals surface area (Å²) in [6.45, 7) is 1.19. The number of amides is 4. The van der Waals surface area contributed by atoms with E-state index in [2.05, 4.69) is 4.98 Å². The number of hydrogen-bond acceptors (Lipinski definition) is 7. The molecule has 0 spiro atoms. The molecule has 3 heterocycles. The van der Waals surface area contributed by atoms with Gasteiger partial charge in [0.15, 0.2) is 0 Å². The number of carbonyl (C=O) groups is 5. The minimum absolute atomic E-state index is 0.0432. The van der Waals surface area contributed by atoms with Gasteiger partial charge in [-0.1, -0.05) is 6.07 Å². The highest BCUT2D eigenvalue weighted by molar-refractivity contribution is 6.25. The third kappa shape index (κ3) is 2.56. The Balaban J connectivity index is 1.89. The van der Waals surface area contributed by atoms with Gasteiger partial charge in [-0.25, -0.2) is 4.90 Å². The van der Waals surface area contributed by atoms with E-state index in [4.69, 9.17) is 4.74 Å². The molecule has 1 saturated heterocycles. The normalized spacial score (nSPS) is 20.3. The predicted octanol–water partition coefficient (Wildman–Crippen LogP) is -0.436. The van der Waals surface area contributed by atoms with Crippen LogP contribution in [0.5, 0.6) is 5.88 Å². The van der Waals surface area contributed by atoms with Crippen LogP contribution in [0.2, 0.25) is 0 Å². The summed E-state index contributed by atoms with van der Waals surface area (Å²) in [5, 5.41) is 0. The van der Waals surface area contributed by atoms with E-state index >= 15 is 0 Å². The lowest BCUT2D eigenvalue weighted by Gasteiger charge is -2.20. The van der Waals surface area contributed by atoms with E-state index < -0.39 is 35.6 Å². The number of nitrogens with zero attached hydrogens (tertiary/aromatic N) is 3. The first kappa shape index (κ1) is 15.5. The monoisotopic (exact) mass is 329 g/mol. The third-order valence-electron chi connectivity index (χ3n) is 3.46. The average molecular weight is 329 g/mol. The summed E-state index contributed by atoms with van der Waals surface area (Å²) in [4.78, 5) is 64.5. The molecule has 1 atom stereocenters. The Bertz CT molecular complexity index is 797. The van der Waals surface area contributed by atoms with Crippen LogP contribution in [0.4, 0.5) is 5.82 Å². The van der Waals surface area contributed by atoms with Crippen LogP contribution in [0.25, 0.3) is 0 Å². The van der Waals surface area contributed by atoms with Crippen LogP contribution in [0.1, 0.15) is 13.3 Å². The Morgan fingerprint density at radius 1 is 1.17 bits per heavy atom. The highest BCUT2D eigenvalue weighted by atomic mass is 16.5. The van der Waals surface area contributed by atoms with Crippen molar-refractivity contribution in [1.82, 2.24) is 9.88 Å². The summed E-state index contributed by atoms with van der Waals surface area (Å²) in [5.74, 6) is -3.35. The molecule has 0 saturated carbocycles. The summed E-state index contributed by atoms with van der Waals surface area (Å²) in [6.07, 6.45) is 1.77. The number of carbonyl (C=O) groups excluding carboxylic acids is 5. The molecule has 1 aromatic rings. The topological polar surface area (TPSA) is 114 Å². The zero-order valence-electron chi connectivity index (χ0n) is 12.5. The van der Waals surface area contributed by atoms with E-state index in [0.717, 1.165) is 22.0 Å². The van der Waals surface area contributed by atoms with Gasteiger partial charge in [0.25, 0.3) is 17.7 Å². The Hall–Kier alpha value is -3.36. The van der Waals surface area contributed by atoms with Gasteiger partial charge in [-0.2, -0.15) is 4.98 Å². The third-order valence-corrected chi connectivity index (χ3v) is 3.46. The van der Waals surface area contributed by atoms with Gasteiger partial charge < -0.3 is 4.74 Å². The van der Waals surface area contributed by atoms with Crippen molar-refractivity contribution >= 4 is 35.4 Å². The van der Waals surface area contributed by atoms with Crippen LogP contribution in [-0.2, 0) is 24.0 Å². The molecule has 0 bridgehead atoms. The Morgan fingerprint density at radius 3 is 2.46 bits per heavy atom. The van der Waals surface area contributed by atoms with Crippen LogP contribution < -0.4 is 9.64 Å². The summed E-state index contributed by atoms with van der Waals surface area (Å²) in [7, 11) is 0. The van der Waals surface area contributed by atoms with Crippen LogP contribution in [0.3, 0.4) is 0 Å². The van der Waals surface area contributed by atoms with E-state index in [1.54, 1.807) is 0 Å². The lowest BCUT2D eigenvalue weighted by atomic mass is 10.2. The van der Waals surface area contributed by atoms with Crippen molar-refractivity contribution in [1.29, 1.82) is 0 Å². The fraction of sp³-hybridized carbons (Fsp3) is 0.200. The molecule has 4 amide bonds. The first-order valence-corrected chi connectivity index (χ1v) is 6.96. The second-order valence-corrected chi connectivity index (χ2v) is 5.09. The maximum atomic E-state index is 12.5. The maximum Gasteiger partial charge on any atom is 0.309 e. The fourth-order valence-electron chi connectivity index (χ4n) is 2.51. The van der Waals surface area contributed by atoms with Crippen LogP contribution in [-0.4, -0.2) is 45.5 Å². The molecule has 2 aliphatic heterocycles. The predicted molar refractivity (Wildman–Crippen MR) is 77.4 cm³/mol. The molecule has 1 unspecified atom stereocenters. The molecule has 24 heavy (non-hydrogen) atoms. The SMILES string of the molecule is CC(=O)Oc1cccc(N2C(=O)CC(N3C(=O)C=CC3=O)C2=O)n1. The number of aromatic nitrogens is 1. The summed E-state index contributed by atoms with van der Waals surface area (Å²) in [5.41, 5.74) is 0. The lowest BCUT2D eigenvalue weighted by Crippen LogP contribution is -2.45. The quantitative estimate of drug-likeness (QED) is 0.545. The Morgan fingerprint density at radius 2 is 1.83 bits per heavy atom. The summed E-state index contributed by atoms with van der Waals surface area (Å²) >= 11 is 0.